The SMILES string of the molecule is CC1(C)Oc2ccc(C(N)=O)cc2[C@@H](N2CCCC2)[C@@H]1O.CS(=O)(=O)O. The number of likely N-dealkylation sites (tertiary alicyclic amines) is 1. The van der Waals surface area contributed by atoms with Crippen molar-refractivity contribution >= 4 is 16.0 Å². The van der Waals surface area contributed by atoms with Crippen molar-refractivity contribution in [3.63, 3.8) is 0 Å². The van der Waals surface area contributed by atoms with E-state index in [1.54, 1.807) is 18.2 Å². The number of hydrogen-bond donors (Lipinski definition) is 3. The maximum Gasteiger partial charge on any atom is 0.261 e. The van der Waals surface area contributed by atoms with E-state index >= 15 is 0 Å². The zero-order valence-electron chi connectivity index (χ0n) is 15.2. The zero-order chi connectivity index (χ0) is 19.7. The first kappa shape index (κ1) is 20.6. The number of aliphatic hydroxyl groups is 1. The first-order valence-electron chi connectivity index (χ1n) is 8.37. The second-order valence-electron chi connectivity index (χ2n) is 7.19. The number of hydrogen-bond acceptors (Lipinski definition) is 6. The van der Waals surface area contributed by atoms with Crippen LogP contribution in [0.25, 0.3) is 0 Å². The van der Waals surface area contributed by atoms with Crippen molar-refractivity contribution in [1.82, 2.24) is 4.90 Å². The molecular formula is C17H26N2O6S. The second-order valence-corrected chi connectivity index (χ2v) is 8.65. The molecule has 8 nitrogen and oxygen atoms in total. The lowest BCUT2D eigenvalue weighted by molar-refractivity contribution is -0.0895. The van der Waals surface area contributed by atoms with Crippen LogP contribution in [0.4, 0.5) is 0 Å². The number of nitrogens with two attached hydrogens (primary N) is 1. The van der Waals surface area contributed by atoms with Crippen LogP contribution in [0.15, 0.2) is 18.2 Å². The van der Waals surface area contributed by atoms with Crippen molar-refractivity contribution in [1.29, 1.82) is 0 Å². The highest BCUT2D eigenvalue weighted by Gasteiger charge is 2.45. The number of aliphatic hydroxyl groups excluding tert-OH is 1. The quantitative estimate of drug-likeness (QED) is 0.645. The normalized spacial score (nSPS) is 24.8. The third kappa shape index (κ3) is 4.94. The van der Waals surface area contributed by atoms with Gasteiger partial charge in [0.1, 0.15) is 17.5 Å². The Morgan fingerprint density at radius 1 is 1.31 bits per heavy atom. The third-order valence-corrected chi connectivity index (χ3v) is 4.53. The van der Waals surface area contributed by atoms with Gasteiger partial charge in [-0.3, -0.25) is 14.2 Å². The minimum Gasteiger partial charge on any atom is -0.485 e. The number of amides is 1. The summed E-state index contributed by atoms with van der Waals surface area (Å²) in [5, 5.41) is 10.8. The van der Waals surface area contributed by atoms with Crippen molar-refractivity contribution in [2.45, 2.75) is 44.4 Å². The van der Waals surface area contributed by atoms with Gasteiger partial charge in [0, 0.05) is 11.1 Å². The molecule has 1 amide bonds. The van der Waals surface area contributed by atoms with Crippen LogP contribution in [-0.2, 0) is 10.1 Å². The Balaban J connectivity index is 0.000000431. The molecule has 0 bridgehead atoms. The summed E-state index contributed by atoms with van der Waals surface area (Å²) >= 11 is 0. The monoisotopic (exact) mass is 386 g/mol. The lowest BCUT2D eigenvalue weighted by Crippen LogP contribution is -2.53. The zero-order valence-corrected chi connectivity index (χ0v) is 16.0. The van der Waals surface area contributed by atoms with Gasteiger partial charge in [-0.1, -0.05) is 0 Å². The second kappa shape index (κ2) is 7.51. The Morgan fingerprint density at radius 2 is 1.85 bits per heavy atom. The van der Waals surface area contributed by atoms with E-state index in [1.165, 1.54) is 0 Å². The molecular weight excluding hydrogens is 360 g/mol. The van der Waals surface area contributed by atoms with Crippen LogP contribution in [-0.4, -0.2) is 59.9 Å². The van der Waals surface area contributed by atoms with Crippen LogP contribution in [0.3, 0.4) is 0 Å². The van der Waals surface area contributed by atoms with E-state index < -0.39 is 27.7 Å². The largest absolute Gasteiger partial charge is 0.485 e. The maximum absolute atomic E-state index is 11.4. The van der Waals surface area contributed by atoms with Gasteiger partial charge in [-0.05, 0) is 58.0 Å². The number of benzene rings is 1. The first-order chi connectivity index (χ1) is 11.9. The molecule has 2 aliphatic rings. The molecule has 0 radical (unpaired) electrons. The fourth-order valence-corrected chi connectivity index (χ4v) is 3.34. The topological polar surface area (TPSA) is 130 Å². The summed E-state index contributed by atoms with van der Waals surface area (Å²) in [4.78, 5) is 13.7. The van der Waals surface area contributed by atoms with Crippen molar-refractivity contribution in [3.8, 4) is 5.75 Å². The molecule has 2 atom stereocenters. The molecule has 1 aromatic carbocycles. The van der Waals surface area contributed by atoms with Gasteiger partial charge in [0.2, 0.25) is 5.91 Å². The van der Waals surface area contributed by atoms with Crippen molar-refractivity contribution in [3.05, 3.63) is 29.3 Å². The Kier molecular flexibility index (Phi) is 5.96. The lowest BCUT2D eigenvalue weighted by atomic mass is 9.85. The number of carbonyl (C=O) groups excluding carboxylic acids is 1. The maximum atomic E-state index is 11.4. The molecule has 2 heterocycles. The van der Waals surface area contributed by atoms with Crippen LogP contribution >= 0.6 is 0 Å². The molecule has 1 aromatic rings. The van der Waals surface area contributed by atoms with Gasteiger partial charge in [0.25, 0.3) is 10.1 Å². The minimum absolute atomic E-state index is 0.148. The number of ether oxygens (including phenoxy) is 1. The molecule has 9 heteroatoms. The van der Waals surface area contributed by atoms with Crippen LogP contribution in [0.2, 0.25) is 0 Å². The van der Waals surface area contributed by atoms with Crippen LogP contribution in [0.1, 0.15) is 48.7 Å². The van der Waals surface area contributed by atoms with Gasteiger partial charge in [-0.15, -0.1) is 0 Å². The average Bonchev–Trinajstić information content (AvgIpc) is 3.00. The fraction of sp³-hybridized carbons (Fsp3) is 0.588. The number of nitrogens with zero attached hydrogens (tertiary/aromatic N) is 1. The number of primary amides is 1. The predicted octanol–water partition coefficient (Wildman–Crippen LogP) is 0.958. The fourth-order valence-electron chi connectivity index (χ4n) is 3.34. The van der Waals surface area contributed by atoms with Crippen molar-refractivity contribution in [2.75, 3.05) is 19.3 Å². The Bertz CT molecular complexity index is 763. The van der Waals surface area contributed by atoms with Crippen LogP contribution < -0.4 is 10.5 Å². The van der Waals surface area contributed by atoms with Gasteiger partial charge in [0.15, 0.2) is 0 Å². The summed E-state index contributed by atoms with van der Waals surface area (Å²) < 4.78 is 31.8. The molecule has 0 saturated carbocycles. The van der Waals surface area contributed by atoms with E-state index in [9.17, 15) is 18.3 Å². The number of rotatable bonds is 2. The molecule has 26 heavy (non-hydrogen) atoms. The van der Waals surface area contributed by atoms with E-state index in [0.29, 0.717) is 11.8 Å². The summed E-state index contributed by atoms with van der Waals surface area (Å²) in [5.74, 6) is 0.268. The van der Waals surface area contributed by atoms with E-state index in [0.717, 1.165) is 37.2 Å². The van der Waals surface area contributed by atoms with E-state index in [2.05, 4.69) is 4.90 Å². The van der Waals surface area contributed by atoms with Gasteiger partial charge >= 0.3 is 0 Å². The molecule has 0 aromatic heterocycles. The molecule has 0 unspecified atom stereocenters. The molecule has 3 rings (SSSR count). The standard InChI is InChI=1S/C16H22N2O3.CH4O3S/c1-16(2)14(19)13(18-7-3-4-8-18)11-9-10(15(17)20)5-6-12(11)21-16;1-5(2,3)4/h5-6,9,13-14,19H,3-4,7-8H2,1-2H3,(H2,17,20);1H3,(H,2,3,4)/t13-,14+;/m1./s1. The average molecular weight is 386 g/mol. The molecule has 1 fully saturated rings. The highest BCUT2D eigenvalue weighted by Crippen LogP contribution is 2.44. The van der Waals surface area contributed by atoms with Gasteiger partial charge in [-0.2, -0.15) is 8.42 Å². The predicted molar refractivity (Wildman–Crippen MR) is 96.7 cm³/mol. The lowest BCUT2D eigenvalue weighted by Gasteiger charge is -2.45. The smallest absolute Gasteiger partial charge is 0.261 e. The van der Waals surface area contributed by atoms with Gasteiger partial charge in [-0.25, -0.2) is 0 Å². The molecule has 0 spiro atoms. The van der Waals surface area contributed by atoms with Gasteiger partial charge in [0.05, 0.1) is 12.3 Å². The van der Waals surface area contributed by atoms with Crippen LogP contribution in [0, 0.1) is 0 Å². The summed E-state index contributed by atoms with van der Waals surface area (Å²) in [5.41, 5.74) is 6.03. The number of carbonyl (C=O) groups is 1. The Labute approximate surface area is 153 Å². The minimum atomic E-state index is -3.67. The van der Waals surface area contributed by atoms with Gasteiger partial charge < -0.3 is 15.6 Å². The summed E-state index contributed by atoms with van der Waals surface area (Å²) in [6.45, 7) is 5.70. The molecule has 146 valence electrons. The molecule has 4 N–H and O–H groups in total. The highest BCUT2D eigenvalue weighted by molar-refractivity contribution is 7.85. The Hall–Kier alpha value is -1.68. The highest BCUT2D eigenvalue weighted by atomic mass is 32.2. The van der Waals surface area contributed by atoms with E-state index in [1.807, 2.05) is 13.8 Å². The molecule has 1 saturated heterocycles. The van der Waals surface area contributed by atoms with Crippen molar-refractivity contribution in [2.24, 2.45) is 5.73 Å². The molecule has 0 aliphatic carbocycles. The van der Waals surface area contributed by atoms with Crippen molar-refractivity contribution < 1.29 is 27.6 Å². The van der Waals surface area contributed by atoms with Crippen LogP contribution in [0.5, 0.6) is 5.75 Å². The summed E-state index contributed by atoms with van der Waals surface area (Å²) in [6, 6.07) is 5.08. The molecule has 2 aliphatic heterocycles. The summed E-state index contributed by atoms with van der Waals surface area (Å²) in [6.07, 6.45) is 2.34. The third-order valence-electron chi connectivity index (χ3n) is 4.53. The first-order valence-corrected chi connectivity index (χ1v) is 10.2. The summed E-state index contributed by atoms with van der Waals surface area (Å²) in [7, 11) is -3.67. The Morgan fingerprint density at radius 3 is 2.35 bits per heavy atom. The number of fused-ring (bicyclic) bond motifs is 1. The van der Waals surface area contributed by atoms with E-state index in [4.69, 9.17) is 15.0 Å². The van der Waals surface area contributed by atoms with E-state index in [-0.39, 0.29) is 6.04 Å².